The predicted octanol–water partition coefficient (Wildman–Crippen LogP) is 4.84. The lowest BCUT2D eigenvalue weighted by molar-refractivity contribution is -0.121. The van der Waals surface area contributed by atoms with Crippen molar-refractivity contribution in [2.24, 2.45) is 5.92 Å². The molecule has 1 aliphatic rings. The van der Waals surface area contributed by atoms with Crippen LogP contribution in [-0.4, -0.2) is 23.9 Å². The highest BCUT2D eigenvalue weighted by atomic mass is 35.5. The van der Waals surface area contributed by atoms with Crippen LogP contribution in [0.5, 0.6) is 0 Å². The van der Waals surface area contributed by atoms with Crippen LogP contribution in [0.3, 0.4) is 0 Å². The Balaban J connectivity index is 1.50. The SMILES string of the molecule is O=C(Nc1ccc(Cl)c(Cl)c1)C1CCN(Cc2ccccc2)CC1. The molecule has 0 saturated carbocycles. The van der Waals surface area contributed by atoms with Gasteiger partial charge in [0.2, 0.25) is 5.91 Å². The minimum absolute atomic E-state index is 0.0477. The summed E-state index contributed by atoms with van der Waals surface area (Å²) in [6, 6.07) is 15.6. The van der Waals surface area contributed by atoms with Crippen LogP contribution in [0.2, 0.25) is 10.0 Å². The van der Waals surface area contributed by atoms with Gasteiger partial charge in [-0.15, -0.1) is 0 Å². The van der Waals surface area contributed by atoms with Gasteiger partial charge in [0.05, 0.1) is 10.0 Å². The van der Waals surface area contributed by atoms with Crippen LogP contribution in [0.25, 0.3) is 0 Å². The number of hydrogen-bond acceptors (Lipinski definition) is 2. The van der Waals surface area contributed by atoms with Gasteiger partial charge in [0, 0.05) is 18.2 Å². The van der Waals surface area contributed by atoms with E-state index in [4.69, 9.17) is 23.2 Å². The van der Waals surface area contributed by atoms with Crippen molar-refractivity contribution >= 4 is 34.8 Å². The summed E-state index contributed by atoms with van der Waals surface area (Å²) in [5.41, 5.74) is 2.01. The summed E-state index contributed by atoms with van der Waals surface area (Å²) in [6.45, 7) is 2.82. The number of piperidine rings is 1. The second-order valence-corrected chi connectivity index (χ2v) is 6.97. The first kappa shape index (κ1) is 17.3. The first-order valence-electron chi connectivity index (χ1n) is 8.14. The maximum atomic E-state index is 12.4. The maximum absolute atomic E-state index is 12.4. The molecular weight excluding hydrogens is 343 g/mol. The summed E-state index contributed by atoms with van der Waals surface area (Å²) in [7, 11) is 0. The molecule has 3 rings (SSSR count). The predicted molar refractivity (Wildman–Crippen MR) is 99.5 cm³/mol. The van der Waals surface area contributed by atoms with Gasteiger partial charge >= 0.3 is 0 Å². The molecule has 0 atom stereocenters. The van der Waals surface area contributed by atoms with E-state index in [-0.39, 0.29) is 11.8 Å². The Morgan fingerprint density at radius 2 is 1.75 bits per heavy atom. The molecule has 0 bridgehead atoms. The molecule has 0 spiro atoms. The number of amides is 1. The molecule has 24 heavy (non-hydrogen) atoms. The van der Waals surface area contributed by atoms with Crippen molar-refractivity contribution < 1.29 is 4.79 Å². The minimum Gasteiger partial charge on any atom is -0.326 e. The minimum atomic E-state index is 0.0477. The zero-order valence-electron chi connectivity index (χ0n) is 13.3. The van der Waals surface area contributed by atoms with E-state index in [1.165, 1.54) is 5.56 Å². The van der Waals surface area contributed by atoms with Gasteiger partial charge in [-0.2, -0.15) is 0 Å². The number of anilines is 1. The lowest BCUT2D eigenvalue weighted by atomic mass is 9.95. The number of nitrogens with zero attached hydrogens (tertiary/aromatic N) is 1. The first-order valence-corrected chi connectivity index (χ1v) is 8.89. The molecule has 126 valence electrons. The molecule has 2 aromatic carbocycles. The van der Waals surface area contributed by atoms with Gasteiger partial charge < -0.3 is 5.32 Å². The van der Waals surface area contributed by atoms with Crippen molar-refractivity contribution in [2.45, 2.75) is 19.4 Å². The van der Waals surface area contributed by atoms with E-state index in [0.29, 0.717) is 15.7 Å². The number of halogens is 2. The van der Waals surface area contributed by atoms with E-state index < -0.39 is 0 Å². The number of benzene rings is 2. The Labute approximate surface area is 152 Å². The smallest absolute Gasteiger partial charge is 0.227 e. The zero-order chi connectivity index (χ0) is 16.9. The Morgan fingerprint density at radius 1 is 1.04 bits per heavy atom. The standard InChI is InChI=1S/C19H20Cl2N2O/c20-17-7-6-16(12-18(17)21)22-19(24)15-8-10-23(11-9-15)13-14-4-2-1-3-5-14/h1-7,12,15H,8-11,13H2,(H,22,24). The quantitative estimate of drug-likeness (QED) is 0.843. The van der Waals surface area contributed by atoms with E-state index in [2.05, 4.69) is 34.5 Å². The maximum Gasteiger partial charge on any atom is 0.227 e. The lowest BCUT2D eigenvalue weighted by Gasteiger charge is -2.31. The first-order chi connectivity index (χ1) is 11.6. The van der Waals surface area contributed by atoms with Crippen molar-refractivity contribution in [1.82, 2.24) is 4.90 Å². The zero-order valence-corrected chi connectivity index (χ0v) is 14.9. The highest BCUT2D eigenvalue weighted by Crippen LogP contribution is 2.26. The monoisotopic (exact) mass is 362 g/mol. The number of nitrogens with one attached hydrogen (secondary N) is 1. The topological polar surface area (TPSA) is 32.3 Å². The van der Waals surface area contributed by atoms with E-state index in [0.717, 1.165) is 32.5 Å². The fourth-order valence-corrected chi connectivity index (χ4v) is 3.31. The van der Waals surface area contributed by atoms with Crippen molar-refractivity contribution in [3.8, 4) is 0 Å². The molecule has 1 fully saturated rings. The Kier molecular flexibility index (Phi) is 5.77. The van der Waals surface area contributed by atoms with Crippen LogP contribution in [0.1, 0.15) is 18.4 Å². The van der Waals surface area contributed by atoms with E-state index >= 15 is 0 Å². The summed E-state index contributed by atoms with van der Waals surface area (Å²) in [4.78, 5) is 14.8. The number of carbonyl (C=O) groups excluding carboxylic acids is 1. The van der Waals surface area contributed by atoms with Gasteiger partial charge in [-0.3, -0.25) is 9.69 Å². The summed E-state index contributed by atoms with van der Waals surface area (Å²) in [6.07, 6.45) is 1.75. The molecule has 3 nitrogen and oxygen atoms in total. The average Bonchev–Trinajstić information content (AvgIpc) is 2.60. The van der Waals surface area contributed by atoms with Gasteiger partial charge in [0.1, 0.15) is 0 Å². The third kappa shape index (κ3) is 4.50. The highest BCUT2D eigenvalue weighted by Gasteiger charge is 2.25. The van der Waals surface area contributed by atoms with Crippen molar-refractivity contribution in [3.05, 3.63) is 64.1 Å². The van der Waals surface area contributed by atoms with Crippen molar-refractivity contribution in [2.75, 3.05) is 18.4 Å². The second kappa shape index (κ2) is 8.02. The fraction of sp³-hybridized carbons (Fsp3) is 0.316. The summed E-state index contributed by atoms with van der Waals surface area (Å²) in [5.74, 6) is 0.110. The summed E-state index contributed by atoms with van der Waals surface area (Å²) >= 11 is 11.9. The number of rotatable bonds is 4. The number of carbonyl (C=O) groups is 1. The molecule has 0 aliphatic carbocycles. The van der Waals surface area contributed by atoms with E-state index in [9.17, 15) is 4.79 Å². The fourth-order valence-electron chi connectivity index (χ4n) is 3.01. The van der Waals surface area contributed by atoms with E-state index in [1.54, 1.807) is 18.2 Å². The molecule has 0 aromatic heterocycles. The largest absolute Gasteiger partial charge is 0.326 e. The van der Waals surface area contributed by atoms with Gasteiger partial charge in [-0.25, -0.2) is 0 Å². The Hall–Kier alpha value is -1.55. The van der Waals surface area contributed by atoms with Crippen LogP contribution in [-0.2, 0) is 11.3 Å². The summed E-state index contributed by atoms with van der Waals surface area (Å²) < 4.78 is 0. The Morgan fingerprint density at radius 3 is 2.42 bits per heavy atom. The van der Waals surface area contributed by atoms with Crippen LogP contribution in [0.4, 0.5) is 5.69 Å². The lowest BCUT2D eigenvalue weighted by Crippen LogP contribution is -2.37. The van der Waals surface area contributed by atoms with Crippen LogP contribution >= 0.6 is 23.2 Å². The van der Waals surface area contributed by atoms with Crippen LogP contribution in [0.15, 0.2) is 48.5 Å². The Bertz CT molecular complexity index is 698. The molecule has 2 aromatic rings. The van der Waals surface area contributed by atoms with Gasteiger partial charge in [-0.05, 0) is 49.7 Å². The molecular formula is C19H20Cl2N2O. The van der Waals surface area contributed by atoms with E-state index in [1.807, 2.05) is 6.07 Å². The molecule has 1 N–H and O–H groups in total. The normalized spacial score (nSPS) is 16.1. The van der Waals surface area contributed by atoms with Gasteiger partial charge in [0.25, 0.3) is 0 Å². The van der Waals surface area contributed by atoms with Gasteiger partial charge in [-0.1, -0.05) is 53.5 Å². The molecule has 1 amide bonds. The third-order valence-corrected chi connectivity index (χ3v) is 5.13. The second-order valence-electron chi connectivity index (χ2n) is 6.15. The number of likely N-dealkylation sites (tertiary alicyclic amines) is 1. The molecule has 1 saturated heterocycles. The van der Waals surface area contributed by atoms with Crippen LogP contribution in [0, 0.1) is 5.92 Å². The highest BCUT2D eigenvalue weighted by molar-refractivity contribution is 6.42. The molecule has 0 radical (unpaired) electrons. The molecule has 1 aliphatic heterocycles. The average molecular weight is 363 g/mol. The van der Waals surface area contributed by atoms with Crippen molar-refractivity contribution in [3.63, 3.8) is 0 Å². The number of hydrogen-bond donors (Lipinski definition) is 1. The summed E-state index contributed by atoms with van der Waals surface area (Å²) in [5, 5.41) is 3.88. The molecule has 1 heterocycles. The third-order valence-electron chi connectivity index (χ3n) is 4.39. The molecule has 5 heteroatoms. The van der Waals surface area contributed by atoms with Crippen molar-refractivity contribution in [1.29, 1.82) is 0 Å². The van der Waals surface area contributed by atoms with Crippen LogP contribution < -0.4 is 5.32 Å². The molecule has 0 unspecified atom stereocenters. The van der Waals surface area contributed by atoms with Gasteiger partial charge in [0.15, 0.2) is 0 Å².